The number of amides is 1. The highest BCUT2D eigenvalue weighted by atomic mass is 32.2. The molecule has 8 heteroatoms. The van der Waals surface area contributed by atoms with Gasteiger partial charge < -0.3 is 14.1 Å². The Morgan fingerprint density at radius 2 is 2.00 bits per heavy atom. The number of likely N-dealkylation sites (tertiary alicyclic amines) is 1. The minimum Gasteiger partial charge on any atom is -0.466 e. The van der Waals surface area contributed by atoms with Gasteiger partial charge in [0.1, 0.15) is 5.82 Å². The molecule has 2 heterocycles. The van der Waals surface area contributed by atoms with Crippen LogP contribution in [0.3, 0.4) is 0 Å². The molecule has 0 saturated carbocycles. The smallest absolute Gasteiger partial charge is 0.309 e. The van der Waals surface area contributed by atoms with Crippen LogP contribution in [-0.2, 0) is 14.3 Å². The molecule has 6 nitrogen and oxygen atoms in total. The number of esters is 1. The van der Waals surface area contributed by atoms with Crippen molar-refractivity contribution in [3.05, 3.63) is 36.3 Å². The van der Waals surface area contributed by atoms with Gasteiger partial charge in [-0.25, -0.2) is 9.37 Å². The predicted octanol–water partition coefficient (Wildman–Crippen LogP) is 3.37. The van der Waals surface area contributed by atoms with E-state index in [1.807, 2.05) is 0 Å². The SMILES string of the molecule is CCOC(=O)C1CCN(C(=O)CSc2ncc(-c3ccc(F)cc3)o2)CC1. The number of oxazole rings is 1. The van der Waals surface area contributed by atoms with Crippen LogP contribution in [0.1, 0.15) is 19.8 Å². The van der Waals surface area contributed by atoms with Gasteiger partial charge >= 0.3 is 5.97 Å². The number of nitrogens with zero attached hydrogens (tertiary/aromatic N) is 2. The molecular weight excluding hydrogens is 371 g/mol. The van der Waals surface area contributed by atoms with Gasteiger partial charge in [-0.1, -0.05) is 11.8 Å². The van der Waals surface area contributed by atoms with E-state index in [1.165, 1.54) is 23.9 Å². The summed E-state index contributed by atoms with van der Waals surface area (Å²) in [4.78, 5) is 30.0. The zero-order chi connectivity index (χ0) is 19.2. The molecule has 27 heavy (non-hydrogen) atoms. The number of carbonyl (C=O) groups is 2. The van der Waals surface area contributed by atoms with Crippen molar-refractivity contribution in [3.63, 3.8) is 0 Å². The molecule has 144 valence electrons. The van der Waals surface area contributed by atoms with E-state index >= 15 is 0 Å². The Hall–Kier alpha value is -2.35. The lowest BCUT2D eigenvalue weighted by molar-refractivity contribution is -0.151. The van der Waals surface area contributed by atoms with Crippen LogP contribution in [0.4, 0.5) is 4.39 Å². The van der Waals surface area contributed by atoms with Gasteiger partial charge in [-0.3, -0.25) is 9.59 Å². The average molecular weight is 392 g/mol. The molecule has 1 aromatic heterocycles. The molecule has 0 atom stereocenters. The number of hydrogen-bond acceptors (Lipinski definition) is 6. The van der Waals surface area contributed by atoms with E-state index < -0.39 is 0 Å². The molecule has 3 rings (SSSR count). The Morgan fingerprint density at radius 1 is 1.30 bits per heavy atom. The second-order valence-corrected chi connectivity index (χ2v) is 7.12. The van der Waals surface area contributed by atoms with E-state index in [1.54, 1.807) is 30.2 Å². The third kappa shape index (κ3) is 5.09. The van der Waals surface area contributed by atoms with Crippen molar-refractivity contribution in [2.24, 2.45) is 5.92 Å². The number of carbonyl (C=O) groups excluding carboxylic acids is 2. The van der Waals surface area contributed by atoms with Gasteiger partial charge in [0.15, 0.2) is 5.76 Å². The lowest BCUT2D eigenvalue weighted by Gasteiger charge is -2.30. The Bertz CT molecular complexity index is 785. The number of benzene rings is 1. The summed E-state index contributed by atoms with van der Waals surface area (Å²) in [6.45, 7) is 3.27. The van der Waals surface area contributed by atoms with Gasteiger partial charge in [0.25, 0.3) is 5.22 Å². The number of hydrogen-bond donors (Lipinski definition) is 0. The van der Waals surface area contributed by atoms with Crippen molar-refractivity contribution >= 4 is 23.6 Å². The van der Waals surface area contributed by atoms with E-state index in [0.717, 1.165) is 5.56 Å². The summed E-state index contributed by atoms with van der Waals surface area (Å²) < 4.78 is 23.6. The molecule has 1 fully saturated rings. The summed E-state index contributed by atoms with van der Waals surface area (Å²) in [7, 11) is 0. The van der Waals surface area contributed by atoms with E-state index in [2.05, 4.69) is 4.98 Å². The molecule has 0 aliphatic carbocycles. The highest BCUT2D eigenvalue weighted by Crippen LogP contribution is 2.26. The molecular formula is C19H21FN2O4S. The number of thioether (sulfide) groups is 1. The van der Waals surface area contributed by atoms with Crippen LogP contribution >= 0.6 is 11.8 Å². The molecule has 1 saturated heterocycles. The second-order valence-electron chi connectivity index (χ2n) is 6.19. The Morgan fingerprint density at radius 3 is 2.67 bits per heavy atom. The van der Waals surface area contributed by atoms with Crippen molar-refractivity contribution < 1.29 is 23.1 Å². The topological polar surface area (TPSA) is 72.6 Å². The van der Waals surface area contributed by atoms with Gasteiger partial charge in [0.05, 0.1) is 24.5 Å². The van der Waals surface area contributed by atoms with Gasteiger partial charge in [-0.2, -0.15) is 0 Å². The van der Waals surface area contributed by atoms with Gasteiger partial charge in [-0.15, -0.1) is 0 Å². The number of ether oxygens (including phenoxy) is 1. The first-order chi connectivity index (χ1) is 13.1. The molecule has 0 bridgehead atoms. The fourth-order valence-corrected chi connectivity index (χ4v) is 3.62. The van der Waals surface area contributed by atoms with Crippen LogP contribution in [0.25, 0.3) is 11.3 Å². The van der Waals surface area contributed by atoms with Crippen LogP contribution in [-0.4, -0.2) is 47.2 Å². The normalized spacial score (nSPS) is 15.0. The summed E-state index contributed by atoms with van der Waals surface area (Å²) in [6, 6.07) is 5.94. The van der Waals surface area contributed by atoms with Crippen LogP contribution < -0.4 is 0 Å². The fourth-order valence-electron chi connectivity index (χ4n) is 2.91. The summed E-state index contributed by atoms with van der Waals surface area (Å²) in [6.07, 6.45) is 2.82. The first kappa shape index (κ1) is 19.4. The van der Waals surface area contributed by atoms with Gasteiger partial charge in [-0.05, 0) is 44.0 Å². The maximum absolute atomic E-state index is 13.0. The van der Waals surface area contributed by atoms with Crippen molar-refractivity contribution in [2.45, 2.75) is 25.0 Å². The quantitative estimate of drug-likeness (QED) is 0.554. The summed E-state index contributed by atoms with van der Waals surface area (Å²) in [5.74, 6) is 0.126. The zero-order valence-electron chi connectivity index (χ0n) is 15.0. The molecule has 0 radical (unpaired) electrons. The minimum absolute atomic E-state index is 0.0103. The monoisotopic (exact) mass is 392 g/mol. The molecule has 0 N–H and O–H groups in total. The van der Waals surface area contributed by atoms with Gasteiger partial charge in [0.2, 0.25) is 5.91 Å². The summed E-state index contributed by atoms with van der Waals surface area (Å²) >= 11 is 1.22. The first-order valence-corrected chi connectivity index (χ1v) is 9.84. The third-order valence-corrected chi connectivity index (χ3v) is 5.23. The lowest BCUT2D eigenvalue weighted by Crippen LogP contribution is -2.41. The average Bonchev–Trinajstić information content (AvgIpc) is 3.16. The Labute approximate surface area is 161 Å². The number of halogens is 1. The maximum Gasteiger partial charge on any atom is 0.309 e. The van der Waals surface area contributed by atoms with Crippen molar-refractivity contribution in [3.8, 4) is 11.3 Å². The zero-order valence-corrected chi connectivity index (χ0v) is 15.8. The number of aromatic nitrogens is 1. The highest BCUT2D eigenvalue weighted by molar-refractivity contribution is 7.99. The van der Waals surface area contributed by atoms with Crippen LogP contribution in [0, 0.1) is 11.7 Å². The van der Waals surface area contributed by atoms with Crippen molar-refractivity contribution in [1.82, 2.24) is 9.88 Å². The molecule has 1 aliphatic rings. The first-order valence-electron chi connectivity index (χ1n) is 8.85. The maximum atomic E-state index is 13.0. The van der Waals surface area contributed by atoms with Crippen LogP contribution in [0.15, 0.2) is 40.1 Å². The summed E-state index contributed by atoms with van der Waals surface area (Å²) in [5.41, 5.74) is 0.725. The highest BCUT2D eigenvalue weighted by Gasteiger charge is 2.28. The number of piperidine rings is 1. The van der Waals surface area contributed by atoms with E-state index in [-0.39, 0.29) is 29.4 Å². The van der Waals surface area contributed by atoms with Crippen LogP contribution in [0.2, 0.25) is 0 Å². The van der Waals surface area contributed by atoms with E-state index in [0.29, 0.717) is 43.5 Å². The van der Waals surface area contributed by atoms with E-state index in [4.69, 9.17) is 9.15 Å². The standard InChI is InChI=1S/C19H21FN2O4S/c1-2-25-18(24)14-7-9-22(10-8-14)17(23)12-27-19-21-11-16(26-19)13-3-5-15(20)6-4-13/h3-6,11,14H,2,7-10,12H2,1H3. The molecule has 1 aliphatic heterocycles. The summed E-state index contributed by atoms with van der Waals surface area (Å²) in [5, 5.41) is 0.393. The predicted molar refractivity (Wildman–Crippen MR) is 98.6 cm³/mol. The largest absolute Gasteiger partial charge is 0.466 e. The molecule has 2 aromatic rings. The Balaban J connectivity index is 1.47. The minimum atomic E-state index is -0.315. The van der Waals surface area contributed by atoms with Gasteiger partial charge in [0, 0.05) is 18.7 Å². The van der Waals surface area contributed by atoms with E-state index in [9.17, 15) is 14.0 Å². The third-order valence-electron chi connectivity index (χ3n) is 4.40. The van der Waals surface area contributed by atoms with Crippen molar-refractivity contribution in [2.75, 3.05) is 25.4 Å². The van der Waals surface area contributed by atoms with Crippen LogP contribution in [0.5, 0.6) is 0 Å². The fraction of sp³-hybridized carbons (Fsp3) is 0.421. The molecule has 1 amide bonds. The second kappa shape index (κ2) is 9.03. The number of rotatable bonds is 6. The lowest BCUT2D eigenvalue weighted by atomic mass is 9.97. The molecule has 1 aromatic carbocycles. The van der Waals surface area contributed by atoms with Crippen molar-refractivity contribution in [1.29, 1.82) is 0 Å². The molecule has 0 spiro atoms. The Kier molecular flexibility index (Phi) is 6.49. The molecule has 0 unspecified atom stereocenters.